The Hall–Kier alpha value is -0.0100. The Balaban J connectivity index is 4.11. The van der Waals surface area contributed by atoms with E-state index in [0.29, 0.717) is 26.3 Å². The Labute approximate surface area is 135 Å². The van der Waals surface area contributed by atoms with Crippen molar-refractivity contribution < 1.29 is 13.6 Å². The van der Waals surface area contributed by atoms with Gasteiger partial charge in [0.25, 0.3) is 0 Å². The van der Waals surface area contributed by atoms with Crippen molar-refractivity contribution in [3.63, 3.8) is 0 Å². The van der Waals surface area contributed by atoms with Gasteiger partial charge in [0.15, 0.2) is 0 Å². The van der Waals surface area contributed by atoms with E-state index in [-0.39, 0.29) is 23.9 Å². The van der Waals surface area contributed by atoms with Gasteiger partial charge in [0, 0.05) is 12.1 Å². The molecule has 22 heavy (non-hydrogen) atoms. The van der Waals surface area contributed by atoms with E-state index in [4.69, 9.17) is 32.0 Å². The fourth-order valence-electron chi connectivity index (χ4n) is 2.34. The van der Waals surface area contributed by atoms with Crippen LogP contribution in [0.2, 0.25) is 0 Å². The average Bonchev–Trinajstić information content (AvgIpc) is 2.49. The van der Waals surface area contributed by atoms with Gasteiger partial charge in [-0.15, -0.1) is 0 Å². The highest BCUT2D eigenvalue weighted by Gasteiger charge is 2.19. The number of hydrogen-bond donors (Lipinski definition) is 4. The molecule has 0 amide bonds. The Kier molecular flexibility index (Phi) is 13.4. The van der Waals surface area contributed by atoms with Crippen LogP contribution in [0, 0.1) is 11.8 Å². The van der Waals surface area contributed by atoms with Gasteiger partial charge in [0.2, 0.25) is 0 Å². The third-order valence-electron chi connectivity index (χ3n) is 4.09. The minimum atomic E-state index is -2.52. The van der Waals surface area contributed by atoms with Crippen molar-refractivity contribution >= 4 is 8.25 Å². The summed E-state index contributed by atoms with van der Waals surface area (Å²) < 4.78 is 22.5. The van der Waals surface area contributed by atoms with Crippen molar-refractivity contribution in [2.24, 2.45) is 34.8 Å². The zero-order valence-corrected chi connectivity index (χ0v) is 15.0. The Morgan fingerprint density at radius 1 is 0.864 bits per heavy atom. The molecular formula is C14H35N4O3P. The van der Waals surface area contributed by atoms with Gasteiger partial charge in [-0.1, -0.05) is 13.8 Å². The SMILES string of the molecule is CCC(CO[PH](=O)OCC(CC)C(N)CCN)C(N)CCN. The van der Waals surface area contributed by atoms with E-state index in [9.17, 15) is 4.57 Å². The molecule has 0 aliphatic rings. The summed E-state index contributed by atoms with van der Waals surface area (Å²) >= 11 is 0. The van der Waals surface area contributed by atoms with Gasteiger partial charge in [0.05, 0.1) is 13.2 Å². The van der Waals surface area contributed by atoms with E-state index in [0.717, 1.165) is 25.7 Å². The highest BCUT2D eigenvalue weighted by molar-refractivity contribution is 7.33. The van der Waals surface area contributed by atoms with Gasteiger partial charge in [-0.25, -0.2) is 0 Å². The second kappa shape index (κ2) is 13.4. The molecule has 0 saturated carbocycles. The number of rotatable bonds is 14. The molecule has 4 unspecified atom stereocenters. The topological polar surface area (TPSA) is 140 Å². The van der Waals surface area contributed by atoms with Crippen molar-refractivity contribution in [1.82, 2.24) is 0 Å². The van der Waals surface area contributed by atoms with E-state index in [1.54, 1.807) is 0 Å². The normalized spacial score (nSPS) is 18.6. The second-order valence-electron chi connectivity index (χ2n) is 5.69. The maximum Gasteiger partial charge on any atom is 0.319 e. The molecule has 0 heterocycles. The molecule has 0 aliphatic carbocycles. The van der Waals surface area contributed by atoms with Crippen molar-refractivity contribution in [3.8, 4) is 0 Å². The summed E-state index contributed by atoms with van der Waals surface area (Å²) in [6, 6.07) is -0.0719. The molecule has 0 rings (SSSR count). The smallest absolute Gasteiger partial charge is 0.319 e. The predicted octanol–water partition coefficient (Wildman–Crippen LogP) is 0.814. The molecule has 0 aromatic rings. The molecule has 0 spiro atoms. The molecular weight excluding hydrogens is 303 g/mol. The highest BCUT2D eigenvalue weighted by Crippen LogP contribution is 2.28. The third-order valence-corrected chi connectivity index (χ3v) is 4.90. The largest absolute Gasteiger partial charge is 0.330 e. The maximum absolute atomic E-state index is 11.9. The summed E-state index contributed by atoms with van der Waals surface area (Å²) in [6.07, 6.45) is 3.18. The van der Waals surface area contributed by atoms with E-state index in [1.807, 2.05) is 13.8 Å². The molecule has 0 aromatic heterocycles. The van der Waals surface area contributed by atoms with Gasteiger partial charge in [0.1, 0.15) is 0 Å². The third kappa shape index (κ3) is 9.20. The van der Waals surface area contributed by atoms with Crippen molar-refractivity contribution in [3.05, 3.63) is 0 Å². The van der Waals surface area contributed by atoms with Gasteiger partial charge in [-0.2, -0.15) is 0 Å². The number of nitrogens with two attached hydrogens (primary N) is 4. The average molecular weight is 338 g/mol. The van der Waals surface area contributed by atoms with E-state index >= 15 is 0 Å². The van der Waals surface area contributed by atoms with Gasteiger partial charge in [-0.3, -0.25) is 4.57 Å². The summed E-state index contributed by atoms with van der Waals surface area (Å²) in [7, 11) is -2.52. The molecule has 0 saturated heterocycles. The lowest BCUT2D eigenvalue weighted by atomic mass is 9.96. The quantitative estimate of drug-likeness (QED) is 0.344. The lowest BCUT2D eigenvalue weighted by molar-refractivity contribution is 0.156. The molecule has 7 nitrogen and oxygen atoms in total. The first-order chi connectivity index (χ1) is 10.5. The van der Waals surface area contributed by atoms with Crippen LogP contribution < -0.4 is 22.9 Å². The Morgan fingerprint density at radius 3 is 1.50 bits per heavy atom. The predicted molar refractivity (Wildman–Crippen MR) is 91.8 cm³/mol. The van der Waals surface area contributed by atoms with Crippen LogP contribution in [0.4, 0.5) is 0 Å². The zero-order valence-electron chi connectivity index (χ0n) is 14.0. The van der Waals surface area contributed by atoms with E-state index in [2.05, 4.69) is 0 Å². The molecule has 0 radical (unpaired) electrons. The van der Waals surface area contributed by atoms with Crippen LogP contribution in [0.3, 0.4) is 0 Å². The molecule has 0 aromatic carbocycles. The summed E-state index contributed by atoms with van der Waals surface area (Å²) in [4.78, 5) is 0. The molecule has 8 heteroatoms. The first kappa shape index (κ1) is 22.0. The first-order valence-corrected chi connectivity index (χ1v) is 9.43. The molecule has 0 fully saturated rings. The van der Waals surface area contributed by atoms with Crippen LogP contribution >= 0.6 is 8.25 Å². The van der Waals surface area contributed by atoms with Crippen molar-refractivity contribution in [2.75, 3.05) is 26.3 Å². The number of hydrogen-bond acceptors (Lipinski definition) is 7. The van der Waals surface area contributed by atoms with Gasteiger partial charge >= 0.3 is 8.25 Å². The van der Waals surface area contributed by atoms with Crippen LogP contribution in [0.15, 0.2) is 0 Å². The fourth-order valence-corrected chi connectivity index (χ4v) is 3.12. The highest BCUT2D eigenvalue weighted by atomic mass is 31.1. The zero-order chi connectivity index (χ0) is 17.0. The molecule has 8 N–H and O–H groups in total. The summed E-state index contributed by atoms with van der Waals surface area (Å²) in [6.45, 7) is 5.81. The van der Waals surface area contributed by atoms with Crippen molar-refractivity contribution in [2.45, 2.75) is 51.6 Å². The van der Waals surface area contributed by atoms with Gasteiger partial charge in [-0.05, 0) is 50.6 Å². The van der Waals surface area contributed by atoms with Crippen molar-refractivity contribution in [1.29, 1.82) is 0 Å². The Morgan fingerprint density at radius 2 is 1.23 bits per heavy atom. The van der Waals surface area contributed by atoms with E-state index < -0.39 is 8.25 Å². The molecule has 0 aliphatic heterocycles. The maximum atomic E-state index is 11.9. The minimum absolute atomic E-state index is 0.0360. The summed E-state index contributed by atoms with van der Waals surface area (Å²) in [5.41, 5.74) is 23.1. The molecule has 134 valence electrons. The van der Waals surface area contributed by atoms with Gasteiger partial charge < -0.3 is 32.0 Å². The summed E-state index contributed by atoms with van der Waals surface area (Å²) in [5.74, 6) is 0.283. The first-order valence-electron chi connectivity index (χ1n) is 8.20. The lowest BCUT2D eigenvalue weighted by Gasteiger charge is -2.23. The van der Waals surface area contributed by atoms with Crippen LogP contribution in [0.25, 0.3) is 0 Å². The minimum Gasteiger partial charge on any atom is -0.330 e. The van der Waals surface area contributed by atoms with Crippen LogP contribution in [0.5, 0.6) is 0 Å². The van der Waals surface area contributed by atoms with Crippen LogP contribution in [-0.4, -0.2) is 38.4 Å². The van der Waals surface area contributed by atoms with Crippen LogP contribution in [0.1, 0.15) is 39.5 Å². The fraction of sp³-hybridized carbons (Fsp3) is 1.00. The Bertz CT molecular complexity index is 271. The van der Waals surface area contributed by atoms with Crippen LogP contribution in [-0.2, 0) is 13.6 Å². The molecule has 0 bridgehead atoms. The standard InChI is InChI=1S/C14H35N4O3P/c1-3-11(13(17)5-7-15)9-20-22(19)21-10-12(4-2)14(18)6-8-16/h11-14,22H,3-10,15-18H2,1-2H3. The lowest BCUT2D eigenvalue weighted by Crippen LogP contribution is -2.35. The van der Waals surface area contributed by atoms with E-state index in [1.165, 1.54) is 0 Å². The monoisotopic (exact) mass is 338 g/mol. The molecule has 4 atom stereocenters. The summed E-state index contributed by atoms with van der Waals surface area (Å²) in [5, 5.41) is 0. The second-order valence-corrected chi connectivity index (χ2v) is 6.77.